The molecule has 9 heteroatoms. The molecule has 3 N–H and O–H groups in total. The van der Waals surface area contributed by atoms with Crippen molar-refractivity contribution in [2.45, 2.75) is 30.6 Å². The first-order valence-electron chi connectivity index (χ1n) is 11.6. The number of carbonyl (C=O) groups is 2. The van der Waals surface area contributed by atoms with Crippen LogP contribution < -0.4 is 10.6 Å². The number of phenolic OH excluding ortho intramolecular Hbond substituents is 1. The minimum atomic E-state index is -0.576. The monoisotopic (exact) mass is 539 g/mol. The van der Waals surface area contributed by atoms with E-state index in [0.717, 1.165) is 20.4 Å². The number of hydrogen-bond donors (Lipinski definition) is 3. The molecule has 0 radical (unpaired) electrons. The molecule has 0 fully saturated rings. The molecule has 0 aromatic heterocycles. The van der Waals surface area contributed by atoms with Crippen LogP contribution in [0.5, 0.6) is 5.75 Å². The molecule has 1 aliphatic rings. The topological polar surface area (TPSA) is 90.8 Å². The van der Waals surface area contributed by atoms with E-state index in [9.17, 15) is 14.0 Å². The SMILES string of the molecule is C=N/C=C(/CNC(=O)c1ccc2c(c1)NC(=O)c1ccccc1S2)SCC.CC.Oc1ccccc1F. The zero-order chi connectivity index (χ0) is 27.2. The third-order valence-electron chi connectivity index (χ3n) is 4.68. The fourth-order valence-corrected chi connectivity index (χ4v) is 4.76. The van der Waals surface area contributed by atoms with Gasteiger partial charge in [-0.2, -0.15) is 0 Å². The average Bonchev–Trinajstić information content (AvgIpc) is 3.06. The van der Waals surface area contributed by atoms with Crippen molar-refractivity contribution >= 4 is 47.7 Å². The summed E-state index contributed by atoms with van der Waals surface area (Å²) in [4.78, 5) is 31.5. The largest absolute Gasteiger partial charge is 0.505 e. The van der Waals surface area contributed by atoms with Gasteiger partial charge in [0.05, 0.1) is 17.8 Å². The summed E-state index contributed by atoms with van der Waals surface area (Å²) in [5, 5.41) is 14.3. The number of carbonyl (C=O) groups excluding carboxylic acids is 2. The van der Waals surface area contributed by atoms with Gasteiger partial charge in [0.25, 0.3) is 11.8 Å². The van der Waals surface area contributed by atoms with Gasteiger partial charge in [-0.1, -0.05) is 56.8 Å². The van der Waals surface area contributed by atoms with Crippen molar-refractivity contribution in [2.75, 3.05) is 17.6 Å². The van der Waals surface area contributed by atoms with Crippen LogP contribution >= 0.6 is 23.5 Å². The number of fused-ring (bicyclic) bond motifs is 2. The Labute approximate surface area is 225 Å². The number of rotatable bonds is 6. The van der Waals surface area contributed by atoms with E-state index in [2.05, 4.69) is 22.3 Å². The van der Waals surface area contributed by atoms with E-state index in [0.29, 0.717) is 23.4 Å². The van der Waals surface area contributed by atoms with E-state index in [1.807, 2.05) is 45.0 Å². The van der Waals surface area contributed by atoms with Gasteiger partial charge in [0, 0.05) is 26.5 Å². The zero-order valence-electron chi connectivity index (χ0n) is 21.0. The van der Waals surface area contributed by atoms with E-state index in [1.165, 1.54) is 30.0 Å². The van der Waals surface area contributed by atoms with Crippen LogP contribution in [0.15, 0.2) is 92.6 Å². The Hall–Kier alpha value is -3.56. The number of hydrogen-bond acceptors (Lipinski definition) is 6. The van der Waals surface area contributed by atoms with E-state index < -0.39 is 5.82 Å². The molecule has 6 nitrogen and oxygen atoms in total. The Morgan fingerprint density at radius 1 is 1.14 bits per heavy atom. The molecule has 0 saturated carbocycles. The molecule has 0 atom stereocenters. The van der Waals surface area contributed by atoms with Crippen LogP contribution in [0.2, 0.25) is 0 Å². The van der Waals surface area contributed by atoms with Crippen molar-refractivity contribution < 1.29 is 19.1 Å². The number of nitrogens with zero attached hydrogens (tertiary/aromatic N) is 1. The Bertz CT molecular complexity index is 1240. The lowest BCUT2D eigenvalue weighted by atomic mass is 10.1. The van der Waals surface area contributed by atoms with Gasteiger partial charge in [0.15, 0.2) is 11.6 Å². The first-order chi connectivity index (χ1) is 17.9. The Morgan fingerprint density at radius 2 is 1.84 bits per heavy atom. The summed E-state index contributed by atoms with van der Waals surface area (Å²) in [5.74, 6) is -0.360. The van der Waals surface area contributed by atoms with Crippen LogP contribution in [0.1, 0.15) is 41.5 Å². The molecule has 0 saturated heterocycles. The van der Waals surface area contributed by atoms with Crippen LogP contribution in [-0.2, 0) is 0 Å². The maximum Gasteiger partial charge on any atom is 0.256 e. The second kappa shape index (κ2) is 15.5. The van der Waals surface area contributed by atoms with Gasteiger partial charge < -0.3 is 15.7 Å². The molecule has 2 amide bonds. The number of amides is 2. The van der Waals surface area contributed by atoms with Crippen molar-refractivity contribution in [3.05, 3.63) is 94.8 Å². The number of aliphatic imine (C=N–C) groups is 1. The van der Waals surface area contributed by atoms with Crippen molar-refractivity contribution in [1.29, 1.82) is 0 Å². The molecule has 3 aromatic carbocycles. The van der Waals surface area contributed by atoms with Gasteiger partial charge in [-0.3, -0.25) is 14.6 Å². The predicted octanol–water partition coefficient (Wildman–Crippen LogP) is 6.99. The first kappa shape index (κ1) is 29.7. The molecular formula is C28H30FN3O3S2. The van der Waals surface area contributed by atoms with E-state index >= 15 is 0 Å². The van der Waals surface area contributed by atoms with Gasteiger partial charge in [0.2, 0.25) is 0 Å². The maximum atomic E-state index is 12.5. The first-order valence-corrected chi connectivity index (χ1v) is 13.4. The number of nitrogens with one attached hydrogen (secondary N) is 2. The van der Waals surface area contributed by atoms with Crippen LogP contribution in [0.4, 0.5) is 10.1 Å². The molecule has 0 unspecified atom stereocenters. The van der Waals surface area contributed by atoms with Crippen molar-refractivity contribution in [3.63, 3.8) is 0 Å². The summed E-state index contributed by atoms with van der Waals surface area (Å²) < 4.78 is 12.1. The normalized spacial score (nSPS) is 11.7. The van der Waals surface area contributed by atoms with Gasteiger partial charge in [0.1, 0.15) is 0 Å². The summed E-state index contributed by atoms with van der Waals surface area (Å²) >= 11 is 3.12. The number of phenols is 1. The van der Waals surface area contributed by atoms with Crippen LogP contribution in [0, 0.1) is 5.82 Å². The van der Waals surface area contributed by atoms with E-state index in [-0.39, 0.29) is 17.6 Å². The molecule has 0 aliphatic carbocycles. The maximum absolute atomic E-state index is 12.5. The second-order valence-corrected chi connectivity index (χ2v) is 9.58. The third-order valence-corrected chi connectivity index (χ3v) is 6.74. The number of halogens is 1. The molecule has 3 aromatic rings. The molecule has 1 heterocycles. The second-order valence-electron chi connectivity index (χ2n) is 7.11. The molecule has 194 valence electrons. The zero-order valence-corrected chi connectivity index (χ0v) is 22.6. The Morgan fingerprint density at radius 3 is 2.49 bits per heavy atom. The minimum Gasteiger partial charge on any atom is -0.505 e. The lowest BCUT2D eigenvalue weighted by Gasteiger charge is -2.10. The Balaban J connectivity index is 0.000000406. The Kier molecular flexibility index (Phi) is 12.5. The van der Waals surface area contributed by atoms with E-state index in [4.69, 9.17) is 5.11 Å². The highest BCUT2D eigenvalue weighted by Gasteiger charge is 2.20. The highest BCUT2D eigenvalue weighted by Crippen LogP contribution is 2.39. The number of benzene rings is 3. The fourth-order valence-electron chi connectivity index (χ4n) is 3.05. The summed E-state index contributed by atoms with van der Waals surface area (Å²) in [6.45, 7) is 9.88. The quantitative estimate of drug-likeness (QED) is 0.294. The van der Waals surface area contributed by atoms with Crippen LogP contribution in [-0.4, -0.2) is 35.9 Å². The van der Waals surface area contributed by atoms with Crippen molar-refractivity contribution in [2.24, 2.45) is 4.99 Å². The van der Waals surface area contributed by atoms with E-state index in [1.54, 1.807) is 42.2 Å². The lowest BCUT2D eigenvalue weighted by Crippen LogP contribution is -2.25. The molecule has 4 rings (SSSR count). The summed E-state index contributed by atoms with van der Waals surface area (Å²) in [6, 6.07) is 18.4. The average molecular weight is 540 g/mol. The molecule has 37 heavy (non-hydrogen) atoms. The fraction of sp³-hybridized carbons (Fsp3) is 0.179. The minimum absolute atomic E-state index is 0.170. The number of aromatic hydroxyl groups is 1. The number of thioether (sulfide) groups is 1. The lowest BCUT2D eigenvalue weighted by molar-refractivity contribution is 0.0956. The van der Waals surface area contributed by atoms with Gasteiger partial charge >= 0.3 is 0 Å². The molecular weight excluding hydrogens is 509 g/mol. The molecule has 0 spiro atoms. The summed E-state index contributed by atoms with van der Waals surface area (Å²) in [6.07, 6.45) is 1.65. The van der Waals surface area contributed by atoms with Crippen LogP contribution in [0.25, 0.3) is 0 Å². The van der Waals surface area contributed by atoms with Crippen molar-refractivity contribution in [1.82, 2.24) is 5.32 Å². The highest BCUT2D eigenvalue weighted by atomic mass is 32.2. The number of anilines is 1. The van der Waals surface area contributed by atoms with Crippen LogP contribution in [0.3, 0.4) is 0 Å². The van der Waals surface area contributed by atoms with Gasteiger partial charge in [-0.25, -0.2) is 4.39 Å². The summed E-state index contributed by atoms with van der Waals surface area (Å²) in [7, 11) is 0. The summed E-state index contributed by atoms with van der Waals surface area (Å²) in [5.41, 5.74) is 1.77. The molecule has 0 bridgehead atoms. The van der Waals surface area contributed by atoms with Gasteiger partial charge in [-0.05, 0) is 54.9 Å². The number of para-hydroxylation sites is 1. The standard InChI is InChI=1S/C20H19N3O2S2.C6H5FO.C2H6/c1-3-26-14(11-21-2)12-22-19(24)13-8-9-18-16(10-13)23-20(25)15-6-4-5-7-17(15)27-18;7-5-3-1-2-4-6(5)8;1-2/h4-11H,2-3,12H2,1H3,(H,22,24)(H,23,25);1-4,8H;1-2H3/b14-11-;;. The predicted molar refractivity (Wildman–Crippen MR) is 152 cm³/mol. The highest BCUT2D eigenvalue weighted by molar-refractivity contribution is 8.03. The smallest absolute Gasteiger partial charge is 0.256 e. The van der Waals surface area contributed by atoms with Gasteiger partial charge in [-0.15, -0.1) is 11.8 Å². The molecule has 1 aliphatic heterocycles. The van der Waals surface area contributed by atoms with Crippen molar-refractivity contribution in [3.8, 4) is 5.75 Å². The third kappa shape index (κ3) is 8.80.